The van der Waals surface area contributed by atoms with Gasteiger partial charge in [0.25, 0.3) is 0 Å². The van der Waals surface area contributed by atoms with Crippen molar-refractivity contribution in [2.75, 3.05) is 0 Å². The van der Waals surface area contributed by atoms with Gasteiger partial charge in [0.2, 0.25) is 0 Å². The number of hydrogen-bond donors (Lipinski definition) is 3. The molecular weight excluding hydrogens is 336 g/mol. The number of hydrogen-bond acceptors (Lipinski definition) is 6. The van der Waals surface area contributed by atoms with Crippen molar-refractivity contribution in [2.24, 2.45) is 19.8 Å². The number of carboxylic acids is 1. The van der Waals surface area contributed by atoms with Crippen LogP contribution in [0.2, 0.25) is 9.63 Å². The van der Waals surface area contributed by atoms with Crippen molar-refractivity contribution in [1.29, 1.82) is 0 Å². The van der Waals surface area contributed by atoms with Crippen LogP contribution in [0.1, 0.15) is 64.2 Å². The average Bonchev–Trinajstić information content (AvgIpc) is 2.59. The molecule has 0 aromatic carbocycles. The molecule has 5 N–H and O–H groups in total. The maximum atomic E-state index is 12.8. The molecule has 0 heterocycles. The van der Waals surface area contributed by atoms with E-state index in [0.29, 0.717) is 0 Å². The van der Waals surface area contributed by atoms with Gasteiger partial charge in [-0.3, -0.25) is 0 Å². The van der Waals surface area contributed by atoms with Gasteiger partial charge in [0.05, 0.1) is 0 Å². The van der Waals surface area contributed by atoms with Crippen LogP contribution in [-0.4, -0.2) is 15.8 Å². The Kier molecular flexibility index (Phi) is 5.37. The summed E-state index contributed by atoms with van der Waals surface area (Å²) in [4.78, 5) is 24.0. The molecule has 0 radical (unpaired) electrons. The maximum absolute atomic E-state index is 12.8. The summed E-state index contributed by atoms with van der Waals surface area (Å²) in [5.74, 6) is 10.0. The number of nitrogens with two attached hydrogens (primary N) is 2. The number of carbonyl (C=O) groups is 2. The van der Waals surface area contributed by atoms with E-state index in [-0.39, 0.29) is 9.63 Å². The zero-order valence-electron chi connectivity index (χ0n) is 12.8. The van der Waals surface area contributed by atoms with Crippen molar-refractivity contribution in [3.05, 3.63) is 0 Å². The average molecular weight is 363 g/mol. The van der Waals surface area contributed by atoms with E-state index < -0.39 is 22.1 Å². The summed E-state index contributed by atoms with van der Waals surface area (Å²) in [7, 11) is 0. The summed E-state index contributed by atoms with van der Waals surface area (Å²) in [6, 6.07) is 0. The van der Waals surface area contributed by atoms with E-state index in [9.17, 15) is 14.7 Å². The van der Waals surface area contributed by atoms with Crippen LogP contribution >= 0.6 is 0 Å². The minimum atomic E-state index is -3.71. The molecule has 2 saturated carbocycles. The normalized spacial score (nSPS) is 23.3. The zero-order valence-corrected chi connectivity index (χ0v) is 13.8. The monoisotopic (exact) mass is 362 g/mol. The molecular formula is C14H27CuN4O3. The SMILES string of the molecule is N[N]=[Cu](=[N]N)([C](=O)C(=O)O)([CH]1CCCCC1)[CH]1CCCCC1. The van der Waals surface area contributed by atoms with Crippen LogP contribution in [0.25, 0.3) is 0 Å². The Morgan fingerprint density at radius 1 is 0.818 bits per heavy atom. The van der Waals surface area contributed by atoms with E-state index in [1.165, 1.54) is 0 Å². The fraction of sp³-hybridized carbons (Fsp3) is 0.857. The van der Waals surface area contributed by atoms with Crippen LogP contribution in [0, 0.1) is 0 Å². The van der Waals surface area contributed by atoms with Crippen LogP contribution in [0.5, 0.6) is 0 Å². The van der Waals surface area contributed by atoms with Gasteiger partial charge in [0.1, 0.15) is 0 Å². The van der Waals surface area contributed by atoms with E-state index in [4.69, 9.17) is 11.7 Å². The fourth-order valence-electron chi connectivity index (χ4n) is 3.63. The molecule has 0 aromatic heterocycles. The van der Waals surface area contributed by atoms with Crippen molar-refractivity contribution >= 4 is 10.7 Å². The summed E-state index contributed by atoms with van der Waals surface area (Å²) >= 11 is -3.71. The van der Waals surface area contributed by atoms with Crippen molar-refractivity contribution in [3.63, 3.8) is 0 Å². The molecule has 0 bridgehead atoms. The summed E-state index contributed by atoms with van der Waals surface area (Å²) in [6.07, 6.45) is 8.88. The first-order valence-electron chi connectivity index (χ1n) is 7.80. The van der Waals surface area contributed by atoms with E-state index in [1.807, 2.05) is 0 Å². The number of rotatable bonds is 4. The first kappa shape index (κ1) is 17.5. The Bertz CT molecular complexity index is 551. The van der Waals surface area contributed by atoms with Crippen molar-refractivity contribution in [2.45, 2.75) is 73.8 Å². The van der Waals surface area contributed by atoms with Crippen molar-refractivity contribution in [1.82, 2.24) is 0 Å². The molecule has 2 fully saturated rings. The van der Waals surface area contributed by atoms with Crippen LogP contribution in [0.15, 0.2) is 8.14 Å². The Morgan fingerprint density at radius 3 is 1.45 bits per heavy atom. The summed E-state index contributed by atoms with van der Waals surface area (Å²) in [5.41, 5.74) is 0. The second-order valence-electron chi connectivity index (χ2n) is 5.83. The van der Waals surface area contributed by atoms with E-state index in [1.54, 1.807) is 0 Å². The third-order valence-corrected chi connectivity index (χ3v) is 10.9. The van der Waals surface area contributed by atoms with Crippen LogP contribution in [0.4, 0.5) is 0 Å². The van der Waals surface area contributed by atoms with Gasteiger partial charge in [-0.2, -0.15) is 0 Å². The second kappa shape index (κ2) is 6.74. The van der Waals surface area contributed by atoms with Gasteiger partial charge in [-0.25, -0.2) is 0 Å². The van der Waals surface area contributed by atoms with Crippen molar-refractivity contribution < 1.29 is 26.1 Å². The molecule has 2 aliphatic rings. The Hall–Kier alpha value is -0.821. The molecule has 0 amide bonds. The molecule has 0 aliphatic heterocycles. The van der Waals surface area contributed by atoms with Gasteiger partial charge in [-0.15, -0.1) is 0 Å². The van der Waals surface area contributed by atoms with Crippen LogP contribution in [-0.2, 0) is 21.0 Å². The molecule has 0 saturated heterocycles. The minimum absolute atomic E-state index is 0.219. The number of carbonyl (C=O) groups excluding carboxylic acids is 1. The number of carboxylic acid groups (broad SMARTS) is 1. The van der Waals surface area contributed by atoms with Gasteiger partial charge in [-0.1, -0.05) is 0 Å². The fourth-order valence-corrected chi connectivity index (χ4v) is 9.36. The zero-order chi connectivity index (χ0) is 16.2. The molecule has 0 atom stereocenters. The summed E-state index contributed by atoms with van der Waals surface area (Å²) in [6.45, 7) is 0. The molecule has 2 aliphatic carbocycles. The Balaban J connectivity index is 2.70. The molecule has 8 heteroatoms. The third-order valence-electron chi connectivity index (χ3n) is 4.71. The third kappa shape index (κ3) is 2.42. The summed E-state index contributed by atoms with van der Waals surface area (Å²) < 4.78 is 7.09. The van der Waals surface area contributed by atoms with E-state index >= 15 is 0 Å². The Morgan fingerprint density at radius 2 is 1.18 bits per heavy atom. The molecule has 0 spiro atoms. The van der Waals surface area contributed by atoms with Crippen LogP contribution in [0.3, 0.4) is 0 Å². The van der Waals surface area contributed by atoms with Crippen LogP contribution < -0.4 is 11.7 Å². The molecule has 0 unspecified atom stereocenters. The predicted molar refractivity (Wildman–Crippen MR) is 79.5 cm³/mol. The standard InChI is InChI=1S/2C6H11.C2HO3.Cu.2H2N2/c2*1-2-4-6-5-3-1;3-1-2(4)5;;2*1-2/h2*1H,2-6H2;(H,4,5);;2*1H2. The van der Waals surface area contributed by atoms with Gasteiger partial charge in [0.15, 0.2) is 0 Å². The molecule has 22 heavy (non-hydrogen) atoms. The molecule has 132 valence electrons. The van der Waals surface area contributed by atoms with E-state index in [0.717, 1.165) is 64.2 Å². The van der Waals surface area contributed by atoms with Crippen molar-refractivity contribution in [3.8, 4) is 0 Å². The topological polar surface area (TPSA) is 131 Å². The predicted octanol–water partition coefficient (Wildman–Crippen LogP) is 2.91. The molecule has 7 nitrogen and oxygen atoms in total. The first-order chi connectivity index (χ1) is 10.5. The molecule has 2 rings (SSSR count). The molecule has 0 aromatic rings. The summed E-state index contributed by atoms with van der Waals surface area (Å²) in [5, 5.41) is 9.45. The number of aliphatic carboxylic acids is 1. The first-order valence-corrected chi connectivity index (χ1v) is 10.2. The van der Waals surface area contributed by atoms with Gasteiger partial charge >= 0.3 is 130 Å². The number of nitrogens with zero attached hydrogens (tertiary/aromatic N) is 2. The van der Waals surface area contributed by atoms with Gasteiger partial charge in [0, 0.05) is 0 Å². The van der Waals surface area contributed by atoms with Gasteiger partial charge in [-0.05, 0) is 0 Å². The quantitative estimate of drug-likeness (QED) is 0.306. The Labute approximate surface area is 130 Å². The van der Waals surface area contributed by atoms with Gasteiger partial charge < -0.3 is 0 Å². The van der Waals surface area contributed by atoms with E-state index in [2.05, 4.69) is 8.14 Å². The second-order valence-corrected chi connectivity index (χ2v) is 10.7.